The number of fused-ring (bicyclic) bond motifs is 3. The van der Waals surface area contributed by atoms with Crippen molar-refractivity contribution >= 4 is 0 Å². The van der Waals surface area contributed by atoms with Gasteiger partial charge in [-0.1, -0.05) is 60.7 Å². The Kier molecular flexibility index (Phi) is 6.15. The molecule has 0 aromatic heterocycles. The lowest BCUT2D eigenvalue weighted by molar-refractivity contribution is 0.231. The Morgan fingerprint density at radius 3 is 1.30 bits per heavy atom. The van der Waals surface area contributed by atoms with Gasteiger partial charge in [0.05, 0.1) is 17.6 Å². The van der Waals surface area contributed by atoms with Crippen LogP contribution in [-0.2, 0) is 5.41 Å². The van der Waals surface area contributed by atoms with Crippen molar-refractivity contribution in [1.29, 1.82) is 0 Å². The second kappa shape index (κ2) is 9.19. The zero-order chi connectivity index (χ0) is 26.5. The van der Waals surface area contributed by atoms with E-state index in [2.05, 4.69) is 48.5 Å². The van der Waals surface area contributed by atoms with Gasteiger partial charge in [0.2, 0.25) is 0 Å². The van der Waals surface area contributed by atoms with Crippen molar-refractivity contribution in [3.05, 3.63) is 106 Å². The van der Waals surface area contributed by atoms with Crippen LogP contribution in [0.5, 0.6) is 23.0 Å². The first kappa shape index (κ1) is 24.8. The van der Waals surface area contributed by atoms with Crippen LogP contribution in [0.15, 0.2) is 72.8 Å². The van der Waals surface area contributed by atoms with E-state index < -0.39 is 5.41 Å². The summed E-state index contributed by atoms with van der Waals surface area (Å²) < 4.78 is 12.9. The zero-order valence-electron chi connectivity index (χ0n) is 22.3. The van der Waals surface area contributed by atoms with Gasteiger partial charge in [0.1, 0.15) is 23.0 Å². The third-order valence-corrected chi connectivity index (χ3v) is 7.22. The van der Waals surface area contributed by atoms with Crippen molar-refractivity contribution in [2.24, 2.45) is 0 Å². The van der Waals surface area contributed by atoms with Crippen molar-refractivity contribution in [3.63, 3.8) is 0 Å². The summed E-state index contributed by atoms with van der Waals surface area (Å²) in [6.07, 6.45) is -0.202. The Morgan fingerprint density at radius 2 is 0.919 bits per heavy atom. The Labute approximate surface area is 219 Å². The second-order valence-electron chi connectivity index (χ2n) is 10.3. The van der Waals surface area contributed by atoms with Gasteiger partial charge in [0.25, 0.3) is 0 Å². The largest absolute Gasteiger partial charge is 0.508 e. The SMILES string of the molecule is Cc1c(O)ccc(C2(c3ccc(O)c(C)c3OC(C)C)c3ccccc3-c3ccccc32)c1OC(C)C. The van der Waals surface area contributed by atoms with Gasteiger partial charge in [-0.25, -0.2) is 0 Å². The number of hydrogen-bond donors (Lipinski definition) is 2. The Bertz CT molecular complexity index is 1370. The normalized spacial score (nSPS) is 13.5. The monoisotopic (exact) mass is 494 g/mol. The lowest BCUT2D eigenvalue weighted by Gasteiger charge is -2.37. The third-order valence-electron chi connectivity index (χ3n) is 7.22. The molecule has 1 aliphatic rings. The van der Waals surface area contributed by atoms with Crippen LogP contribution in [0, 0.1) is 13.8 Å². The van der Waals surface area contributed by atoms with Crippen molar-refractivity contribution in [1.82, 2.24) is 0 Å². The summed E-state index contributed by atoms with van der Waals surface area (Å²) in [7, 11) is 0. The molecule has 0 amide bonds. The number of ether oxygens (including phenoxy) is 2. The van der Waals surface area contributed by atoms with Crippen LogP contribution in [0.4, 0.5) is 0 Å². The van der Waals surface area contributed by atoms with Gasteiger partial charge in [-0.2, -0.15) is 0 Å². The maximum Gasteiger partial charge on any atom is 0.131 e. The van der Waals surface area contributed by atoms with Crippen LogP contribution in [0.3, 0.4) is 0 Å². The molecule has 0 bridgehead atoms. The van der Waals surface area contributed by atoms with Crippen molar-refractivity contribution < 1.29 is 19.7 Å². The van der Waals surface area contributed by atoms with Crippen LogP contribution >= 0.6 is 0 Å². The van der Waals surface area contributed by atoms with E-state index in [4.69, 9.17) is 9.47 Å². The van der Waals surface area contributed by atoms with E-state index in [-0.39, 0.29) is 23.7 Å². The summed E-state index contributed by atoms with van der Waals surface area (Å²) in [5, 5.41) is 21.5. The molecule has 4 aromatic rings. The average Bonchev–Trinajstić information content (AvgIpc) is 3.16. The minimum absolute atomic E-state index is 0.101. The molecule has 5 rings (SSSR count). The smallest absolute Gasteiger partial charge is 0.131 e. The predicted molar refractivity (Wildman–Crippen MR) is 148 cm³/mol. The molecule has 0 atom stereocenters. The van der Waals surface area contributed by atoms with E-state index in [9.17, 15) is 10.2 Å². The number of phenolic OH excluding ortho intramolecular Hbond substituents is 2. The Hall–Kier alpha value is -3.92. The molecule has 1 aliphatic carbocycles. The van der Waals surface area contributed by atoms with Crippen molar-refractivity contribution in [2.75, 3.05) is 0 Å². The van der Waals surface area contributed by atoms with Gasteiger partial charge in [-0.05, 0) is 75.9 Å². The minimum Gasteiger partial charge on any atom is -0.508 e. The number of rotatable bonds is 6. The molecule has 4 nitrogen and oxygen atoms in total. The highest BCUT2D eigenvalue weighted by Gasteiger charge is 2.50. The standard InChI is InChI=1S/C33H34O4/c1-19(2)36-31-21(5)29(34)17-15-27(31)33(28-16-18-30(35)22(6)32(28)37-20(3)4)25-13-9-7-11-23(25)24-12-8-10-14-26(24)33/h7-20,34-35H,1-6H3. The lowest BCUT2D eigenvalue weighted by atomic mass is 9.66. The fraction of sp³-hybridized carbons (Fsp3) is 0.273. The maximum atomic E-state index is 10.7. The van der Waals surface area contributed by atoms with Gasteiger partial charge >= 0.3 is 0 Å². The van der Waals surface area contributed by atoms with E-state index in [0.717, 1.165) is 33.4 Å². The molecule has 0 aliphatic heterocycles. The summed E-state index contributed by atoms with van der Waals surface area (Å²) in [5.41, 5.74) is 6.91. The van der Waals surface area contributed by atoms with E-state index in [0.29, 0.717) is 22.6 Å². The topological polar surface area (TPSA) is 58.9 Å². The summed E-state index contributed by atoms with van der Waals surface area (Å²) in [4.78, 5) is 0. The Morgan fingerprint density at radius 1 is 0.541 bits per heavy atom. The third kappa shape index (κ3) is 3.74. The van der Waals surface area contributed by atoms with E-state index >= 15 is 0 Å². The van der Waals surface area contributed by atoms with Crippen LogP contribution in [0.1, 0.15) is 61.1 Å². The molecule has 0 radical (unpaired) electrons. The molecule has 0 heterocycles. The van der Waals surface area contributed by atoms with Gasteiger partial charge in [-0.3, -0.25) is 0 Å². The number of hydrogen-bond acceptors (Lipinski definition) is 4. The molecule has 0 saturated heterocycles. The zero-order valence-corrected chi connectivity index (χ0v) is 22.3. The molecular weight excluding hydrogens is 460 g/mol. The maximum absolute atomic E-state index is 10.7. The molecule has 0 fully saturated rings. The first-order chi connectivity index (χ1) is 17.7. The molecule has 4 heteroatoms. The summed E-state index contributed by atoms with van der Waals surface area (Å²) in [6.45, 7) is 11.8. The first-order valence-electron chi connectivity index (χ1n) is 12.9. The summed E-state index contributed by atoms with van der Waals surface area (Å²) >= 11 is 0. The highest BCUT2D eigenvalue weighted by molar-refractivity contribution is 5.88. The van der Waals surface area contributed by atoms with E-state index in [1.807, 2.05) is 53.7 Å². The molecule has 190 valence electrons. The highest BCUT2D eigenvalue weighted by Crippen LogP contribution is 2.61. The molecule has 4 aromatic carbocycles. The second-order valence-corrected chi connectivity index (χ2v) is 10.3. The van der Waals surface area contributed by atoms with Gasteiger partial charge < -0.3 is 19.7 Å². The molecule has 2 N–H and O–H groups in total. The van der Waals surface area contributed by atoms with Crippen LogP contribution < -0.4 is 9.47 Å². The molecule has 37 heavy (non-hydrogen) atoms. The fourth-order valence-electron chi connectivity index (χ4n) is 5.69. The van der Waals surface area contributed by atoms with Gasteiger partial charge in [0, 0.05) is 22.3 Å². The molecule has 0 unspecified atom stereocenters. The average molecular weight is 495 g/mol. The Balaban J connectivity index is 2.02. The van der Waals surface area contributed by atoms with E-state index in [1.165, 1.54) is 0 Å². The van der Waals surface area contributed by atoms with Gasteiger partial charge in [0.15, 0.2) is 0 Å². The molecule has 0 saturated carbocycles. The first-order valence-corrected chi connectivity index (χ1v) is 12.9. The highest BCUT2D eigenvalue weighted by atomic mass is 16.5. The number of phenols is 2. The number of aromatic hydroxyl groups is 2. The van der Waals surface area contributed by atoms with Crippen molar-refractivity contribution in [2.45, 2.75) is 59.2 Å². The fourth-order valence-corrected chi connectivity index (χ4v) is 5.69. The molecular formula is C33H34O4. The van der Waals surface area contributed by atoms with Crippen LogP contribution in [0.25, 0.3) is 11.1 Å². The molecule has 0 spiro atoms. The van der Waals surface area contributed by atoms with Crippen LogP contribution in [-0.4, -0.2) is 22.4 Å². The quantitative estimate of drug-likeness (QED) is 0.254. The summed E-state index contributed by atoms with van der Waals surface area (Å²) in [5.74, 6) is 1.69. The predicted octanol–water partition coefficient (Wildman–Crippen LogP) is 7.65. The van der Waals surface area contributed by atoms with Crippen LogP contribution in [0.2, 0.25) is 0 Å². The van der Waals surface area contributed by atoms with Gasteiger partial charge in [-0.15, -0.1) is 0 Å². The lowest BCUT2D eigenvalue weighted by Crippen LogP contribution is -2.31. The minimum atomic E-state index is -0.807. The van der Waals surface area contributed by atoms with E-state index in [1.54, 1.807) is 12.1 Å². The van der Waals surface area contributed by atoms with Crippen molar-refractivity contribution in [3.8, 4) is 34.1 Å². The number of benzene rings is 4. The summed E-state index contributed by atoms with van der Waals surface area (Å²) in [6, 6.07) is 24.3.